The molecule has 0 aliphatic heterocycles. The van der Waals surface area contributed by atoms with Gasteiger partial charge in [-0.2, -0.15) is 0 Å². The fourth-order valence-corrected chi connectivity index (χ4v) is 8.73. The van der Waals surface area contributed by atoms with Gasteiger partial charge in [0.1, 0.15) is 0 Å². The van der Waals surface area contributed by atoms with E-state index in [1.54, 1.807) is 0 Å². The summed E-state index contributed by atoms with van der Waals surface area (Å²) in [4.78, 5) is 0. The second kappa shape index (κ2) is 9.43. The zero-order valence-electron chi connectivity index (χ0n) is 24.3. The molecule has 0 saturated carbocycles. The second-order valence-corrected chi connectivity index (χ2v) is 12.7. The first-order valence-electron chi connectivity index (χ1n) is 15.4. The fraction of sp³-hybridized carbons (Fsp3) is 0. The van der Waals surface area contributed by atoms with E-state index in [2.05, 4.69) is 167 Å². The highest BCUT2D eigenvalue weighted by Crippen LogP contribution is 2.45. The molecule has 45 heavy (non-hydrogen) atoms. The average molecular weight is 591 g/mol. The maximum Gasteiger partial charge on any atom is 0.0556 e. The van der Waals surface area contributed by atoms with E-state index >= 15 is 0 Å². The molecule has 0 radical (unpaired) electrons. The molecule has 0 unspecified atom stereocenters. The number of benzene rings is 7. The van der Waals surface area contributed by atoms with Gasteiger partial charge in [-0.3, -0.25) is 0 Å². The predicted molar refractivity (Wildman–Crippen MR) is 193 cm³/mol. The van der Waals surface area contributed by atoms with Crippen LogP contribution in [0.1, 0.15) is 0 Å². The van der Waals surface area contributed by atoms with Crippen molar-refractivity contribution >= 4 is 75.1 Å². The maximum absolute atomic E-state index is 2.48. The number of hydrogen-bond acceptors (Lipinski definition) is 1. The molecular formula is C42H26N2S. The molecule has 10 aromatic rings. The lowest BCUT2D eigenvalue weighted by Gasteiger charge is -2.18. The summed E-state index contributed by atoms with van der Waals surface area (Å²) in [5, 5.41) is 7.81. The van der Waals surface area contributed by atoms with Crippen LogP contribution in [-0.2, 0) is 0 Å². The van der Waals surface area contributed by atoms with E-state index in [9.17, 15) is 0 Å². The Morgan fingerprint density at radius 2 is 0.800 bits per heavy atom. The van der Waals surface area contributed by atoms with Gasteiger partial charge in [0.25, 0.3) is 0 Å². The number of aromatic nitrogens is 2. The predicted octanol–water partition coefficient (Wildman–Crippen LogP) is 11.9. The fourth-order valence-electron chi connectivity index (χ4n) is 7.47. The van der Waals surface area contributed by atoms with E-state index in [4.69, 9.17) is 0 Å². The van der Waals surface area contributed by atoms with Crippen molar-refractivity contribution in [2.45, 2.75) is 0 Å². The van der Waals surface area contributed by atoms with Gasteiger partial charge in [-0.25, -0.2) is 0 Å². The SMILES string of the molecule is c1ccc(-n2c3ccccc3c3ccccc32)c(-c2ccccc2-n2c3ccccc3c3c4sc5ccccc5c4ccc32)c1. The van der Waals surface area contributed by atoms with Crippen molar-refractivity contribution in [1.29, 1.82) is 0 Å². The second-order valence-electron chi connectivity index (χ2n) is 11.7. The smallest absolute Gasteiger partial charge is 0.0556 e. The number of fused-ring (bicyclic) bond motifs is 10. The van der Waals surface area contributed by atoms with Crippen molar-refractivity contribution in [3.63, 3.8) is 0 Å². The van der Waals surface area contributed by atoms with Crippen molar-refractivity contribution in [3.05, 3.63) is 158 Å². The van der Waals surface area contributed by atoms with Crippen LogP contribution in [0.25, 0.3) is 86.3 Å². The molecule has 0 aliphatic carbocycles. The van der Waals surface area contributed by atoms with E-state index in [0.29, 0.717) is 0 Å². The minimum absolute atomic E-state index is 1.18. The van der Waals surface area contributed by atoms with Gasteiger partial charge < -0.3 is 9.13 Å². The summed E-state index contributed by atoms with van der Waals surface area (Å²) in [6.07, 6.45) is 0. The Morgan fingerprint density at radius 3 is 1.44 bits per heavy atom. The summed E-state index contributed by atoms with van der Waals surface area (Å²) in [5.41, 5.74) is 9.64. The van der Waals surface area contributed by atoms with Crippen LogP contribution < -0.4 is 0 Å². The van der Waals surface area contributed by atoms with Crippen molar-refractivity contribution in [2.75, 3.05) is 0 Å². The Labute approximate surface area is 263 Å². The molecule has 0 N–H and O–H groups in total. The normalized spacial score (nSPS) is 12.0. The molecule has 210 valence electrons. The van der Waals surface area contributed by atoms with Gasteiger partial charge in [-0.05, 0) is 42.5 Å². The standard InChI is InChI=1S/C42H26N2S/c1-7-19-34-27(13-1)28-14-2-8-20-35(28)43(34)36-21-9-3-15-29(36)30-16-4-10-22-37(30)44-38-23-11-5-18-33(38)41-39(44)26-25-32-31-17-6-12-24-40(31)45-42(32)41/h1-26H. The number of rotatable bonds is 3. The van der Waals surface area contributed by atoms with Gasteiger partial charge in [-0.1, -0.05) is 115 Å². The first kappa shape index (κ1) is 24.8. The van der Waals surface area contributed by atoms with Crippen molar-refractivity contribution in [1.82, 2.24) is 9.13 Å². The van der Waals surface area contributed by atoms with Crippen LogP contribution >= 0.6 is 11.3 Å². The summed E-state index contributed by atoms with van der Waals surface area (Å²) in [6, 6.07) is 57.5. The molecule has 0 spiro atoms. The number of para-hydroxylation sites is 5. The molecule has 0 saturated heterocycles. The monoisotopic (exact) mass is 590 g/mol. The van der Waals surface area contributed by atoms with E-state index in [-0.39, 0.29) is 0 Å². The Kier molecular flexibility index (Phi) is 5.19. The third-order valence-electron chi connectivity index (χ3n) is 9.34. The lowest BCUT2D eigenvalue weighted by atomic mass is 10.0. The van der Waals surface area contributed by atoms with Crippen LogP contribution in [0.3, 0.4) is 0 Å². The number of thiophene rings is 1. The highest BCUT2D eigenvalue weighted by atomic mass is 32.1. The lowest BCUT2D eigenvalue weighted by molar-refractivity contribution is 1.16. The third kappa shape index (κ3) is 3.44. The highest BCUT2D eigenvalue weighted by Gasteiger charge is 2.21. The summed E-state index contributed by atoms with van der Waals surface area (Å²) in [5.74, 6) is 0. The number of nitrogens with zero attached hydrogens (tertiary/aromatic N) is 2. The Hall–Kier alpha value is -5.64. The van der Waals surface area contributed by atoms with E-state index < -0.39 is 0 Å². The Balaban J connectivity index is 1.30. The Bertz CT molecular complexity index is 2720. The van der Waals surface area contributed by atoms with Gasteiger partial charge in [0.2, 0.25) is 0 Å². The molecule has 3 heteroatoms. The average Bonchev–Trinajstić information content (AvgIpc) is 3.76. The van der Waals surface area contributed by atoms with Crippen LogP contribution in [0.5, 0.6) is 0 Å². The molecule has 0 bridgehead atoms. The highest BCUT2D eigenvalue weighted by molar-refractivity contribution is 7.26. The summed E-state index contributed by atoms with van der Waals surface area (Å²) < 4.78 is 7.60. The van der Waals surface area contributed by atoms with Crippen molar-refractivity contribution < 1.29 is 0 Å². The van der Waals surface area contributed by atoms with E-state index in [1.165, 1.54) is 86.3 Å². The minimum Gasteiger partial charge on any atom is -0.309 e. The van der Waals surface area contributed by atoms with Gasteiger partial charge in [0, 0.05) is 52.8 Å². The molecule has 0 aliphatic rings. The van der Waals surface area contributed by atoms with Crippen LogP contribution in [0.2, 0.25) is 0 Å². The van der Waals surface area contributed by atoms with E-state index in [0.717, 1.165) is 0 Å². The summed E-state index contributed by atoms with van der Waals surface area (Å²) in [7, 11) is 0. The molecule has 2 nitrogen and oxygen atoms in total. The van der Waals surface area contributed by atoms with Crippen LogP contribution in [0.15, 0.2) is 158 Å². The van der Waals surface area contributed by atoms with Gasteiger partial charge in [0.05, 0.1) is 33.4 Å². The third-order valence-corrected chi connectivity index (χ3v) is 10.5. The molecule has 10 rings (SSSR count). The van der Waals surface area contributed by atoms with Gasteiger partial charge in [-0.15, -0.1) is 11.3 Å². The van der Waals surface area contributed by atoms with Gasteiger partial charge in [0.15, 0.2) is 0 Å². The molecule has 0 atom stereocenters. The zero-order valence-corrected chi connectivity index (χ0v) is 25.1. The summed E-state index contributed by atoms with van der Waals surface area (Å²) >= 11 is 1.90. The van der Waals surface area contributed by atoms with Crippen molar-refractivity contribution in [2.24, 2.45) is 0 Å². The van der Waals surface area contributed by atoms with Crippen LogP contribution in [0, 0.1) is 0 Å². The zero-order chi connectivity index (χ0) is 29.5. The molecule has 0 fully saturated rings. The van der Waals surface area contributed by atoms with Crippen molar-refractivity contribution in [3.8, 4) is 22.5 Å². The molecule has 3 heterocycles. The summed E-state index contributed by atoms with van der Waals surface area (Å²) in [6.45, 7) is 0. The first-order chi connectivity index (χ1) is 22.4. The topological polar surface area (TPSA) is 9.86 Å². The first-order valence-corrected chi connectivity index (χ1v) is 16.2. The molecular weight excluding hydrogens is 565 g/mol. The minimum atomic E-state index is 1.18. The van der Waals surface area contributed by atoms with E-state index in [1.807, 2.05) is 11.3 Å². The quantitative estimate of drug-likeness (QED) is 0.194. The Morgan fingerprint density at radius 1 is 0.333 bits per heavy atom. The van der Waals surface area contributed by atoms with Gasteiger partial charge >= 0.3 is 0 Å². The van der Waals surface area contributed by atoms with Crippen LogP contribution in [-0.4, -0.2) is 9.13 Å². The van der Waals surface area contributed by atoms with Crippen LogP contribution in [0.4, 0.5) is 0 Å². The largest absolute Gasteiger partial charge is 0.309 e. The maximum atomic E-state index is 2.48. The number of hydrogen-bond donors (Lipinski definition) is 0. The lowest BCUT2D eigenvalue weighted by Crippen LogP contribution is -2.01. The molecule has 7 aromatic carbocycles. The molecule has 0 amide bonds. The molecule has 3 aromatic heterocycles.